The molecule has 1 saturated heterocycles. The molecule has 1 aliphatic heterocycles. The van der Waals surface area contributed by atoms with E-state index in [0.29, 0.717) is 6.04 Å². The third-order valence-electron chi connectivity index (χ3n) is 2.22. The van der Waals surface area contributed by atoms with Crippen molar-refractivity contribution >= 4 is 18.3 Å². The quantitative estimate of drug-likeness (QED) is 0.691. The summed E-state index contributed by atoms with van der Waals surface area (Å²) in [6, 6.07) is 0.510. The van der Waals surface area contributed by atoms with Gasteiger partial charge in [0.1, 0.15) is 0 Å². The Balaban J connectivity index is 0.00000144. The Labute approximate surface area is 86.3 Å². The average molecular weight is 207 g/mol. The van der Waals surface area contributed by atoms with E-state index >= 15 is 0 Å². The molecule has 1 aliphatic rings. The molecule has 0 aliphatic carbocycles. The molecule has 0 radical (unpaired) electrons. The van der Waals surface area contributed by atoms with Gasteiger partial charge in [0.2, 0.25) is 5.91 Å². The molecule has 0 unspecified atom stereocenters. The fraction of sp³-hybridized carbons (Fsp3) is 0.889. The van der Waals surface area contributed by atoms with Crippen LogP contribution in [0.1, 0.15) is 20.8 Å². The second kappa shape index (κ2) is 4.29. The van der Waals surface area contributed by atoms with Crippen LogP contribution in [0.2, 0.25) is 0 Å². The molecule has 0 spiro atoms. The van der Waals surface area contributed by atoms with Gasteiger partial charge in [0.25, 0.3) is 0 Å². The van der Waals surface area contributed by atoms with Crippen LogP contribution in [0.15, 0.2) is 0 Å². The van der Waals surface area contributed by atoms with Gasteiger partial charge in [-0.2, -0.15) is 0 Å². The number of hydrogen-bond donors (Lipinski definition) is 1. The molecule has 0 aromatic rings. The van der Waals surface area contributed by atoms with Gasteiger partial charge in [-0.05, 0) is 7.05 Å². The van der Waals surface area contributed by atoms with Gasteiger partial charge in [-0.15, -0.1) is 12.4 Å². The summed E-state index contributed by atoms with van der Waals surface area (Å²) in [6.07, 6.45) is 0. The second-order valence-corrected chi connectivity index (χ2v) is 4.45. The molecule has 3 nitrogen and oxygen atoms in total. The molecule has 4 heteroatoms. The predicted octanol–water partition coefficient (Wildman–Crippen LogP) is 0.884. The van der Waals surface area contributed by atoms with Crippen LogP contribution in [0.4, 0.5) is 0 Å². The van der Waals surface area contributed by atoms with Crippen molar-refractivity contribution in [3.63, 3.8) is 0 Å². The van der Waals surface area contributed by atoms with E-state index in [0.717, 1.165) is 13.1 Å². The maximum absolute atomic E-state index is 11.6. The lowest BCUT2D eigenvalue weighted by molar-refractivity contribution is -0.144. The lowest BCUT2D eigenvalue weighted by atomic mass is 9.92. The molecule has 0 saturated carbocycles. The Morgan fingerprint density at radius 2 is 1.85 bits per heavy atom. The zero-order valence-corrected chi connectivity index (χ0v) is 9.57. The number of likely N-dealkylation sites (tertiary alicyclic amines) is 1. The molecule has 1 N–H and O–H groups in total. The van der Waals surface area contributed by atoms with Crippen LogP contribution >= 0.6 is 12.4 Å². The SMILES string of the molecule is CNC1CN(C(=O)C(C)(C)C)C1.Cl. The summed E-state index contributed by atoms with van der Waals surface area (Å²) < 4.78 is 0. The van der Waals surface area contributed by atoms with Crippen LogP contribution in [-0.4, -0.2) is 37.0 Å². The first kappa shape index (κ1) is 12.7. The van der Waals surface area contributed by atoms with Crippen LogP contribution in [-0.2, 0) is 4.79 Å². The van der Waals surface area contributed by atoms with Gasteiger partial charge in [-0.1, -0.05) is 20.8 Å². The number of hydrogen-bond acceptors (Lipinski definition) is 2. The molecule has 0 atom stereocenters. The van der Waals surface area contributed by atoms with Crippen LogP contribution in [0.25, 0.3) is 0 Å². The third kappa shape index (κ3) is 2.85. The summed E-state index contributed by atoms with van der Waals surface area (Å²) in [7, 11) is 1.93. The minimum atomic E-state index is -0.224. The smallest absolute Gasteiger partial charge is 0.228 e. The van der Waals surface area contributed by atoms with Crippen molar-refractivity contribution in [3.05, 3.63) is 0 Å². The fourth-order valence-electron chi connectivity index (χ4n) is 1.30. The van der Waals surface area contributed by atoms with Crippen molar-refractivity contribution in [2.24, 2.45) is 5.41 Å². The van der Waals surface area contributed by atoms with Gasteiger partial charge in [0, 0.05) is 24.5 Å². The lowest BCUT2D eigenvalue weighted by Crippen LogP contribution is -2.61. The van der Waals surface area contributed by atoms with Gasteiger partial charge in [0.15, 0.2) is 0 Å². The van der Waals surface area contributed by atoms with Gasteiger partial charge in [-0.3, -0.25) is 4.79 Å². The number of halogens is 1. The zero-order valence-electron chi connectivity index (χ0n) is 8.76. The molecule has 0 bridgehead atoms. The first-order valence-electron chi connectivity index (χ1n) is 4.42. The summed E-state index contributed by atoms with van der Waals surface area (Å²) in [5, 5.41) is 3.14. The van der Waals surface area contributed by atoms with Crippen molar-refractivity contribution < 1.29 is 4.79 Å². The molecule has 1 rings (SSSR count). The minimum Gasteiger partial charge on any atom is -0.339 e. The minimum absolute atomic E-state index is 0. The number of amides is 1. The number of nitrogens with one attached hydrogen (secondary N) is 1. The summed E-state index contributed by atoms with van der Waals surface area (Å²) >= 11 is 0. The molecule has 1 amide bonds. The highest BCUT2D eigenvalue weighted by atomic mass is 35.5. The predicted molar refractivity (Wildman–Crippen MR) is 56.1 cm³/mol. The van der Waals surface area contributed by atoms with Crippen molar-refractivity contribution in [3.8, 4) is 0 Å². The lowest BCUT2D eigenvalue weighted by Gasteiger charge is -2.42. The molecule has 1 heterocycles. The Bertz CT molecular complexity index is 183. The summed E-state index contributed by atoms with van der Waals surface area (Å²) in [5.41, 5.74) is -0.224. The third-order valence-corrected chi connectivity index (χ3v) is 2.22. The maximum Gasteiger partial charge on any atom is 0.228 e. The fourth-order valence-corrected chi connectivity index (χ4v) is 1.30. The van der Waals surface area contributed by atoms with E-state index in [9.17, 15) is 4.79 Å². The number of likely N-dealkylation sites (N-methyl/N-ethyl adjacent to an activating group) is 1. The van der Waals surface area contributed by atoms with Crippen LogP contribution < -0.4 is 5.32 Å². The first-order chi connectivity index (χ1) is 5.45. The number of carbonyl (C=O) groups is 1. The van der Waals surface area contributed by atoms with Crippen LogP contribution in [0.5, 0.6) is 0 Å². The van der Waals surface area contributed by atoms with Gasteiger partial charge in [-0.25, -0.2) is 0 Å². The largest absolute Gasteiger partial charge is 0.339 e. The summed E-state index contributed by atoms with van der Waals surface area (Å²) in [6.45, 7) is 7.62. The Morgan fingerprint density at radius 3 is 2.15 bits per heavy atom. The van der Waals surface area contributed by atoms with Gasteiger partial charge < -0.3 is 10.2 Å². The zero-order chi connectivity index (χ0) is 9.35. The Kier molecular flexibility index (Phi) is 4.20. The maximum atomic E-state index is 11.6. The van der Waals surface area contributed by atoms with Crippen molar-refractivity contribution in [1.82, 2.24) is 10.2 Å². The summed E-state index contributed by atoms with van der Waals surface area (Å²) in [5.74, 6) is 0.258. The highest BCUT2D eigenvalue weighted by Gasteiger charge is 2.35. The van der Waals surface area contributed by atoms with Gasteiger partial charge in [0.05, 0.1) is 0 Å². The van der Waals surface area contributed by atoms with E-state index < -0.39 is 0 Å². The monoisotopic (exact) mass is 206 g/mol. The van der Waals surface area contributed by atoms with E-state index in [1.54, 1.807) is 0 Å². The Hall–Kier alpha value is -0.280. The standard InChI is InChI=1S/C9H18N2O.ClH/c1-9(2,3)8(12)11-5-7(6-11)10-4;/h7,10H,5-6H2,1-4H3;1H. The average Bonchev–Trinajstić information content (AvgIpc) is 1.83. The van der Waals surface area contributed by atoms with Gasteiger partial charge >= 0.3 is 0 Å². The van der Waals surface area contributed by atoms with Crippen molar-refractivity contribution in [2.45, 2.75) is 26.8 Å². The molecular formula is C9H19ClN2O. The first-order valence-corrected chi connectivity index (χ1v) is 4.42. The van der Waals surface area contributed by atoms with E-state index in [2.05, 4.69) is 5.32 Å². The number of carbonyl (C=O) groups excluding carboxylic acids is 1. The van der Waals surface area contributed by atoms with Crippen LogP contribution in [0, 0.1) is 5.41 Å². The van der Waals surface area contributed by atoms with E-state index in [1.807, 2.05) is 32.7 Å². The van der Waals surface area contributed by atoms with E-state index in [4.69, 9.17) is 0 Å². The second-order valence-electron chi connectivity index (χ2n) is 4.45. The molecule has 1 fully saturated rings. The topological polar surface area (TPSA) is 32.3 Å². The van der Waals surface area contributed by atoms with Crippen LogP contribution in [0.3, 0.4) is 0 Å². The highest BCUT2D eigenvalue weighted by molar-refractivity contribution is 5.85. The normalized spacial score (nSPS) is 17.7. The molecule has 0 aromatic heterocycles. The molecule has 78 valence electrons. The molecular weight excluding hydrogens is 188 g/mol. The summed E-state index contributed by atoms with van der Waals surface area (Å²) in [4.78, 5) is 13.5. The van der Waals surface area contributed by atoms with E-state index in [1.165, 1.54) is 0 Å². The molecule has 13 heavy (non-hydrogen) atoms. The Morgan fingerprint density at radius 1 is 1.38 bits per heavy atom. The number of rotatable bonds is 1. The highest BCUT2D eigenvalue weighted by Crippen LogP contribution is 2.21. The number of nitrogens with zero attached hydrogens (tertiary/aromatic N) is 1. The van der Waals surface area contributed by atoms with Crippen molar-refractivity contribution in [1.29, 1.82) is 0 Å². The van der Waals surface area contributed by atoms with Crippen molar-refractivity contribution in [2.75, 3.05) is 20.1 Å². The van der Waals surface area contributed by atoms with E-state index in [-0.39, 0.29) is 23.7 Å². The molecule has 0 aromatic carbocycles.